The number of amides is 1. The Labute approximate surface area is 159 Å². The van der Waals surface area contributed by atoms with Crippen LogP contribution in [0, 0.1) is 0 Å². The molecule has 0 aromatic heterocycles. The van der Waals surface area contributed by atoms with Gasteiger partial charge in [0.05, 0.1) is 23.0 Å². The number of nitrogens with one attached hydrogen (secondary N) is 2. The van der Waals surface area contributed by atoms with E-state index in [0.717, 1.165) is 11.3 Å². The number of carbonyl (C=O) groups is 1. The highest BCUT2D eigenvalue weighted by atomic mass is 35.5. The van der Waals surface area contributed by atoms with Gasteiger partial charge in [-0.3, -0.25) is 4.79 Å². The summed E-state index contributed by atoms with van der Waals surface area (Å²) in [7, 11) is 3.52. The minimum atomic E-state index is -0.0789. The molecule has 0 aliphatic carbocycles. The number of nitrogens with two attached hydrogens (primary N) is 1. The van der Waals surface area contributed by atoms with Crippen LogP contribution in [-0.4, -0.2) is 38.1 Å². The lowest BCUT2D eigenvalue weighted by atomic mass is 10.1. The predicted molar refractivity (Wildman–Crippen MR) is 107 cm³/mol. The molecule has 0 saturated heterocycles. The number of carbonyl (C=O) groups excluding carboxylic acids is 1. The maximum absolute atomic E-state index is 12.6. The van der Waals surface area contributed by atoms with Gasteiger partial charge in [-0.15, -0.1) is 0 Å². The normalized spacial score (nSPS) is 10.5. The Bertz CT molecular complexity index is 767. The molecule has 2 aromatic carbocycles. The summed E-state index contributed by atoms with van der Waals surface area (Å²) in [5, 5.41) is 0.582. The average Bonchev–Trinajstić information content (AvgIpc) is 2.63. The Morgan fingerprint density at radius 1 is 1.27 bits per heavy atom. The fourth-order valence-electron chi connectivity index (χ4n) is 2.54. The maximum atomic E-state index is 12.6. The third-order valence-corrected chi connectivity index (χ3v) is 4.23. The van der Waals surface area contributed by atoms with Crippen LogP contribution in [0.4, 0.5) is 11.4 Å². The lowest BCUT2D eigenvalue weighted by Crippen LogP contribution is -2.29. The van der Waals surface area contributed by atoms with Crippen LogP contribution in [0.15, 0.2) is 36.4 Å². The smallest absolute Gasteiger partial charge is 0.253 e. The van der Waals surface area contributed by atoms with Crippen LogP contribution >= 0.6 is 11.6 Å². The number of anilines is 2. The van der Waals surface area contributed by atoms with E-state index in [1.54, 1.807) is 37.2 Å². The number of hydrazine groups is 1. The zero-order valence-electron chi connectivity index (χ0n) is 15.3. The second kappa shape index (κ2) is 9.31. The standard InChI is InChI=1S/C19H25ClN4O2/c1-4-26-18-8-5-13(11-15(18)20)9-10-24(3)19(25)14-6-7-17(23-22-2)16(21)12-14/h5-8,11-12,22-23H,4,9-10,21H2,1-3H3. The van der Waals surface area contributed by atoms with Crippen molar-refractivity contribution in [2.24, 2.45) is 0 Å². The number of rotatable bonds is 8. The Kier molecular flexibility index (Phi) is 7.12. The molecule has 1 amide bonds. The highest BCUT2D eigenvalue weighted by Gasteiger charge is 2.13. The van der Waals surface area contributed by atoms with Gasteiger partial charge < -0.3 is 20.8 Å². The van der Waals surface area contributed by atoms with Crippen molar-refractivity contribution in [1.82, 2.24) is 10.3 Å². The fourth-order valence-corrected chi connectivity index (χ4v) is 2.79. The summed E-state index contributed by atoms with van der Waals surface area (Å²) >= 11 is 6.21. The molecule has 0 aliphatic heterocycles. The summed E-state index contributed by atoms with van der Waals surface area (Å²) in [6.45, 7) is 3.06. The van der Waals surface area contributed by atoms with Gasteiger partial charge in [0.2, 0.25) is 0 Å². The highest BCUT2D eigenvalue weighted by Crippen LogP contribution is 2.26. The predicted octanol–water partition coefficient (Wildman–Crippen LogP) is 3.18. The van der Waals surface area contributed by atoms with Crippen molar-refractivity contribution in [1.29, 1.82) is 0 Å². The summed E-state index contributed by atoms with van der Waals surface area (Å²) < 4.78 is 5.43. The quantitative estimate of drug-likeness (QED) is 0.487. The van der Waals surface area contributed by atoms with Gasteiger partial charge in [0.1, 0.15) is 5.75 Å². The van der Waals surface area contributed by atoms with Gasteiger partial charge in [0.15, 0.2) is 0 Å². The molecule has 140 valence electrons. The molecule has 0 unspecified atom stereocenters. The number of nitrogen functional groups attached to an aromatic ring is 1. The van der Waals surface area contributed by atoms with Gasteiger partial charge in [0.25, 0.3) is 5.91 Å². The second-order valence-corrected chi connectivity index (χ2v) is 6.26. The van der Waals surface area contributed by atoms with E-state index in [-0.39, 0.29) is 5.91 Å². The van der Waals surface area contributed by atoms with Gasteiger partial charge in [-0.05, 0) is 49.2 Å². The van der Waals surface area contributed by atoms with Crippen LogP contribution in [0.1, 0.15) is 22.8 Å². The molecule has 2 rings (SSSR count). The Morgan fingerprint density at radius 3 is 2.65 bits per heavy atom. The van der Waals surface area contributed by atoms with Crippen molar-refractivity contribution in [3.63, 3.8) is 0 Å². The highest BCUT2D eigenvalue weighted by molar-refractivity contribution is 6.32. The van der Waals surface area contributed by atoms with Crippen molar-refractivity contribution < 1.29 is 9.53 Å². The molecule has 26 heavy (non-hydrogen) atoms. The molecule has 0 radical (unpaired) electrons. The number of halogens is 1. The topological polar surface area (TPSA) is 79.6 Å². The van der Waals surface area contributed by atoms with E-state index in [4.69, 9.17) is 22.1 Å². The van der Waals surface area contributed by atoms with E-state index in [2.05, 4.69) is 10.9 Å². The largest absolute Gasteiger partial charge is 0.492 e. The number of hydrogen-bond acceptors (Lipinski definition) is 5. The zero-order valence-corrected chi connectivity index (χ0v) is 16.1. The first-order valence-electron chi connectivity index (χ1n) is 8.45. The van der Waals surface area contributed by atoms with Gasteiger partial charge in [-0.2, -0.15) is 0 Å². The number of likely N-dealkylation sites (N-methyl/N-ethyl adjacent to an activating group) is 1. The van der Waals surface area contributed by atoms with Crippen molar-refractivity contribution in [3.05, 3.63) is 52.5 Å². The van der Waals surface area contributed by atoms with Crippen molar-refractivity contribution in [2.45, 2.75) is 13.3 Å². The van der Waals surface area contributed by atoms with Gasteiger partial charge in [-0.25, -0.2) is 5.43 Å². The minimum absolute atomic E-state index is 0.0789. The second-order valence-electron chi connectivity index (χ2n) is 5.85. The van der Waals surface area contributed by atoms with Crippen LogP contribution in [0.3, 0.4) is 0 Å². The van der Waals surface area contributed by atoms with Crippen LogP contribution in [0.25, 0.3) is 0 Å². The molecule has 0 saturated carbocycles. The number of benzene rings is 2. The summed E-state index contributed by atoms with van der Waals surface area (Å²) in [5.41, 5.74) is 14.5. The number of nitrogens with zero attached hydrogens (tertiary/aromatic N) is 1. The number of hydrogen-bond donors (Lipinski definition) is 3. The van der Waals surface area contributed by atoms with Crippen LogP contribution in [-0.2, 0) is 6.42 Å². The molecular weight excluding hydrogens is 352 g/mol. The van der Waals surface area contributed by atoms with Crippen molar-refractivity contribution in [3.8, 4) is 5.75 Å². The molecule has 4 N–H and O–H groups in total. The van der Waals surface area contributed by atoms with E-state index < -0.39 is 0 Å². The van der Waals surface area contributed by atoms with Crippen molar-refractivity contribution >= 4 is 28.9 Å². The Morgan fingerprint density at radius 2 is 2.04 bits per heavy atom. The van der Waals surface area contributed by atoms with E-state index in [0.29, 0.717) is 41.6 Å². The summed E-state index contributed by atoms with van der Waals surface area (Å²) in [4.78, 5) is 14.3. The van der Waals surface area contributed by atoms with Crippen LogP contribution in [0.5, 0.6) is 5.75 Å². The summed E-state index contributed by atoms with van der Waals surface area (Å²) in [6, 6.07) is 10.9. The van der Waals surface area contributed by atoms with E-state index >= 15 is 0 Å². The molecule has 0 fully saturated rings. The molecule has 0 heterocycles. The van der Waals surface area contributed by atoms with Crippen LogP contribution < -0.4 is 21.3 Å². The maximum Gasteiger partial charge on any atom is 0.253 e. The van der Waals surface area contributed by atoms with Gasteiger partial charge in [-0.1, -0.05) is 17.7 Å². The lowest BCUT2D eigenvalue weighted by molar-refractivity contribution is 0.0796. The monoisotopic (exact) mass is 376 g/mol. The fraction of sp³-hybridized carbons (Fsp3) is 0.316. The third kappa shape index (κ3) is 5.03. The number of ether oxygens (including phenoxy) is 1. The lowest BCUT2D eigenvalue weighted by Gasteiger charge is -2.18. The first-order valence-corrected chi connectivity index (χ1v) is 8.83. The Hall–Kier alpha value is -2.44. The van der Waals surface area contributed by atoms with Crippen LogP contribution in [0.2, 0.25) is 5.02 Å². The van der Waals surface area contributed by atoms with E-state index in [1.807, 2.05) is 25.1 Å². The molecule has 0 spiro atoms. The third-order valence-electron chi connectivity index (χ3n) is 3.94. The minimum Gasteiger partial charge on any atom is -0.492 e. The average molecular weight is 377 g/mol. The first kappa shape index (κ1) is 19.9. The molecule has 0 atom stereocenters. The van der Waals surface area contributed by atoms with E-state index in [9.17, 15) is 4.79 Å². The van der Waals surface area contributed by atoms with Gasteiger partial charge >= 0.3 is 0 Å². The molecule has 7 heteroatoms. The molecule has 0 aliphatic rings. The molecule has 2 aromatic rings. The molecule has 6 nitrogen and oxygen atoms in total. The SMILES string of the molecule is CCOc1ccc(CCN(C)C(=O)c2ccc(NNC)c(N)c2)cc1Cl. The summed E-state index contributed by atoms with van der Waals surface area (Å²) in [6.07, 6.45) is 0.698. The Balaban J connectivity index is 1.99. The van der Waals surface area contributed by atoms with E-state index in [1.165, 1.54) is 0 Å². The van der Waals surface area contributed by atoms with Gasteiger partial charge in [0, 0.05) is 26.2 Å². The zero-order chi connectivity index (χ0) is 19.1. The first-order chi connectivity index (χ1) is 12.5. The van der Waals surface area contributed by atoms with Crippen molar-refractivity contribution in [2.75, 3.05) is 38.4 Å². The molecule has 0 bridgehead atoms. The summed E-state index contributed by atoms with van der Waals surface area (Å²) in [5.74, 6) is 0.595. The molecular formula is C19H25ClN4O2.